The van der Waals surface area contributed by atoms with Crippen LogP contribution in [0.5, 0.6) is 5.75 Å². The minimum Gasteiger partial charge on any atom is -0.471 e. The molecule has 1 aromatic heterocycles. The van der Waals surface area contributed by atoms with Crippen molar-refractivity contribution in [3.63, 3.8) is 0 Å². The Morgan fingerprint density at radius 3 is 2.62 bits per heavy atom. The van der Waals surface area contributed by atoms with Gasteiger partial charge in [-0.1, -0.05) is 23.2 Å². The molecule has 1 aliphatic heterocycles. The van der Waals surface area contributed by atoms with Gasteiger partial charge in [0.15, 0.2) is 6.73 Å². The van der Waals surface area contributed by atoms with Crippen molar-refractivity contribution in [3.05, 3.63) is 67.2 Å². The zero-order chi connectivity index (χ0) is 18.6. The number of hydrogen-bond donors (Lipinski definition) is 0. The molecule has 2 aromatic carbocycles. The molecule has 7 heteroatoms. The Labute approximate surface area is 158 Å². The van der Waals surface area contributed by atoms with Crippen LogP contribution in [0.4, 0.5) is 10.1 Å². The second-order valence-electron chi connectivity index (χ2n) is 6.25. The highest BCUT2D eigenvalue weighted by molar-refractivity contribution is 6.33. The van der Waals surface area contributed by atoms with E-state index < -0.39 is 5.82 Å². The van der Waals surface area contributed by atoms with Crippen molar-refractivity contribution in [2.45, 2.75) is 20.4 Å². The van der Waals surface area contributed by atoms with Gasteiger partial charge in [-0.05, 0) is 43.7 Å². The molecule has 0 radical (unpaired) electrons. The van der Waals surface area contributed by atoms with Gasteiger partial charge in [-0.3, -0.25) is 0 Å². The number of fused-ring (bicyclic) bond motifs is 3. The van der Waals surface area contributed by atoms with Gasteiger partial charge in [0.05, 0.1) is 22.2 Å². The summed E-state index contributed by atoms with van der Waals surface area (Å²) in [7, 11) is 0. The predicted octanol–water partition coefficient (Wildman–Crippen LogP) is 5.21. The van der Waals surface area contributed by atoms with Crippen LogP contribution in [0.2, 0.25) is 10.0 Å². The van der Waals surface area contributed by atoms with E-state index in [1.54, 1.807) is 19.1 Å². The SMILES string of the molecule is Cc1c(C)c2cc(Cl)c3c(c2oc1=O)CN(c1ccc(F)c(Cl)c1)CO3. The molecule has 3 aromatic rings. The average molecular weight is 394 g/mol. The summed E-state index contributed by atoms with van der Waals surface area (Å²) >= 11 is 12.3. The molecular weight excluding hydrogens is 380 g/mol. The fourth-order valence-corrected chi connectivity index (χ4v) is 3.57. The lowest BCUT2D eigenvalue weighted by atomic mass is 10.0. The van der Waals surface area contributed by atoms with Crippen LogP contribution in [0.3, 0.4) is 0 Å². The van der Waals surface area contributed by atoms with Crippen LogP contribution in [-0.4, -0.2) is 6.73 Å². The molecule has 26 heavy (non-hydrogen) atoms. The molecule has 4 rings (SSSR count). The maximum absolute atomic E-state index is 13.4. The standard InChI is InChI=1S/C19H14Cl2FNO3/c1-9-10(2)19(24)26-17-12(9)6-15(21)18-13(17)7-23(8-25-18)11-3-4-16(22)14(20)5-11/h3-6H,7-8H2,1-2H3. The topological polar surface area (TPSA) is 42.7 Å². The maximum Gasteiger partial charge on any atom is 0.339 e. The van der Waals surface area contributed by atoms with Crippen molar-refractivity contribution in [2.24, 2.45) is 0 Å². The van der Waals surface area contributed by atoms with Gasteiger partial charge in [-0.15, -0.1) is 0 Å². The fraction of sp³-hybridized carbons (Fsp3) is 0.211. The third-order valence-electron chi connectivity index (χ3n) is 4.73. The number of aryl methyl sites for hydroxylation is 1. The van der Waals surface area contributed by atoms with Crippen molar-refractivity contribution < 1.29 is 13.5 Å². The van der Waals surface area contributed by atoms with E-state index in [4.69, 9.17) is 32.4 Å². The second-order valence-corrected chi connectivity index (χ2v) is 7.07. The quantitative estimate of drug-likeness (QED) is 0.532. The summed E-state index contributed by atoms with van der Waals surface area (Å²) in [6.45, 7) is 4.19. The summed E-state index contributed by atoms with van der Waals surface area (Å²) in [5, 5.41) is 1.26. The van der Waals surface area contributed by atoms with Gasteiger partial charge in [0.1, 0.15) is 17.1 Å². The highest BCUT2D eigenvalue weighted by Crippen LogP contribution is 2.40. The minimum absolute atomic E-state index is 0.0299. The summed E-state index contributed by atoms with van der Waals surface area (Å²) in [4.78, 5) is 14.0. The average Bonchev–Trinajstić information content (AvgIpc) is 2.63. The van der Waals surface area contributed by atoms with Crippen LogP contribution in [0.1, 0.15) is 16.7 Å². The Morgan fingerprint density at radius 2 is 1.88 bits per heavy atom. The number of ether oxygens (including phenoxy) is 1. The largest absolute Gasteiger partial charge is 0.471 e. The number of rotatable bonds is 1. The van der Waals surface area contributed by atoms with Crippen LogP contribution in [0, 0.1) is 19.7 Å². The molecule has 0 N–H and O–H groups in total. The molecule has 1 aliphatic rings. The van der Waals surface area contributed by atoms with Gasteiger partial charge in [-0.2, -0.15) is 0 Å². The van der Waals surface area contributed by atoms with Crippen LogP contribution >= 0.6 is 23.2 Å². The van der Waals surface area contributed by atoms with E-state index in [2.05, 4.69) is 0 Å². The lowest BCUT2D eigenvalue weighted by molar-refractivity contribution is 0.289. The summed E-state index contributed by atoms with van der Waals surface area (Å²) in [6, 6.07) is 6.21. The van der Waals surface area contributed by atoms with Gasteiger partial charge in [0.25, 0.3) is 0 Å². The van der Waals surface area contributed by atoms with Gasteiger partial charge in [0.2, 0.25) is 0 Å². The predicted molar refractivity (Wildman–Crippen MR) is 100 cm³/mol. The molecule has 0 unspecified atom stereocenters. The van der Waals surface area contributed by atoms with Gasteiger partial charge in [0, 0.05) is 16.6 Å². The van der Waals surface area contributed by atoms with Crippen molar-refractivity contribution in [1.82, 2.24) is 0 Å². The zero-order valence-electron chi connectivity index (χ0n) is 14.0. The summed E-state index contributed by atoms with van der Waals surface area (Å²) in [5.74, 6) is 0.00867. The Balaban J connectivity index is 1.88. The summed E-state index contributed by atoms with van der Waals surface area (Å²) < 4.78 is 24.8. The van der Waals surface area contributed by atoms with E-state index >= 15 is 0 Å². The van der Waals surface area contributed by atoms with Crippen molar-refractivity contribution >= 4 is 39.9 Å². The molecule has 2 heterocycles. The van der Waals surface area contributed by atoms with Crippen LogP contribution in [0.15, 0.2) is 33.5 Å². The molecule has 0 fully saturated rings. The highest BCUT2D eigenvalue weighted by atomic mass is 35.5. The molecule has 0 saturated heterocycles. The van der Waals surface area contributed by atoms with Crippen LogP contribution in [0.25, 0.3) is 11.0 Å². The fourth-order valence-electron chi connectivity index (χ4n) is 3.11. The number of halogens is 3. The van der Waals surface area contributed by atoms with E-state index in [1.807, 2.05) is 11.8 Å². The first-order valence-corrected chi connectivity index (χ1v) is 8.70. The van der Waals surface area contributed by atoms with Gasteiger partial charge < -0.3 is 14.1 Å². The summed E-state index contributed by atoms with van der Waals surface area (Å²) in [5.41, 5.74) is 2.81. The first-order chi connectivity index (χ1) is 12.4. The smallest absolute Gasteiger partial charge is 0.339 e. The highest BCUT2D eigenvalue weighted by Gasteiger charge is 2.26. The molecule has 0 saturated carbocycles. The second kappa shape index (κ2) is 6.18. The molecule has 134 valence electrons. The Kier molecular flexibility index (Phi) is 4.09. The molecule has 0 amide bonds. The number of benzene rings is 2. The third kappa shape index (κ3) is 2.63. The van der Waals surface area contributed by atoms with E-state index in [9.17, 15) is 9.18 Å². The van der Waals surface area contributed by atoms with E-state index in [0.717, 1.165) is 10.9 Å². The first kappa shape index (κ1) is 17.2. The van der Waals surface area contributed by atoms with E-state index in [-0.39, 0.29) is 17.4 Å². The third-order valence-corrected chi connectivity index (χ3v) is 5.30. The minimum atomic E-state index is -0.487. The van der Waals surface area contributed by atoms with E-state index in [0.29, 0.717) is 39.7 Å². The number of hydrogen-bond acceptors (Lipinski definition) is 4. The molecule has 0 aliphatic carbocycles. The van der Waals surface area contributed by atoms with Gasteiger partial charge >= 0.3 is 5.63 Å². The Morgan fingerprint density at radius 1 is 1.12 bits per heavy atom. The van der Waals surface area contributed by atoms with Crippen molar-refractivity contribution in [1.29, 1.82) is 0 Å². The number of nitrogens with zero attached hydrogens (tertiary/aromatic N) is 1. The van der Waals surface area contributed by atoms with Crippen LogP contribution in [-0.2, 0) is 6.54 Å². The maximum atomic E-state index is 13.4. The molecule has 4 nitrogen and oxygen atoms in total. The first-order valence-electron chi connectivity index (χ1n) is 7.95. The summed E-state index contributed by atoms with van der Waals surface area (Å²) in [6.07, 6.45) is 0. The Bertz CT molecular complexity index is 1110. The lowest BCUT2D eigenvalue weighted by Gasteiger charge is -2.31. The monoisotopic (exact) mass is 393 g/mol. The van der Waals surface area contributed by atoms with Crippen molar-refractivity contribution in [2.75, 3.05) is 11.6 Å². The zero-order valence-corrected chi connectivity index (χ0v) is 15.5. The van der Waals surface area contributed by atoms with Crippen molar-refractivity contribution in [3.8, 4) is 5.75 Å². The molecule has 0 bridgehead atoms. The number of anilines is 1. The molecule has 0 spiro atoms. The Hall–Kier alpha value is -2.24. The molecule has 0 atom stereocenters. The van der Waals surface area contributed by atoms with E-state index in [1.165, 1.54) is 12.1 Å². The molecular formula is C19H14Cl2FNO3. The normalized spacial score (nSPS) is 13.7. The lowest BCUT2D eigenvalue weighted by Crippen LogP contribution is -2.32. The van der Waals surface area contributed by atoms with Crippen LogP contribution < -0.4 is 15.3 Å². The van der Waals surface area contributed by atoms with Gasteiger partial charge in [-0.25, -0.2) is 9.18 Å².